The second kappa shape index (κ2) is 20.5. The van der Waals surface area contributed by atoms with E-state index in [9.17, 15) is 19.2 Å². The van der Waals surface area contributed by atoms with Crippen LogP contribution in [0.3, 0.4) is 0 Å². The van der Waals surface area contributed by atoms with Crippen LogP contribution < -0.4 is 10.7 Å². The zero-order chi connectivity index (χ0) is 32.3. The number of hydrogen-bond donors (Lipinski definition) is 4. The fraction of sp³-hybridized carbons (Fsp3) is 0.600. The predicted molar refractivity (Wildman–Crippen MR) is 163 cm³/mol. The number of ether oxygens (including phenoxy) is 3. The highest BCUT2D eigenvalue weighted by molar-refractivity contribution is 6.30. The van der Waals surface area contributed by atoms with E-state index in [1.807, 2.05) is 29.2 Å². The molecule has 4 N–H and O–H groups in total. The summed E-state index contributed by atoms with van der Waals surface area (Å²) in [6, 6.07) is 7.66. The van der Waals surface area contributed by atoms with Gasteiger partial charge in [0.15, 0.2) is 0 Å². The number of benzene rings is 1. The number of rotatable bonds is 13. The highest BCUT2D eigenvalue weighted by Gasteiger charge is 2.33. The third-order valence-electron chi connectivity index (χ3n) is 7.31. The van der Waals surface area contributed by atoms with Crippen LogP contribution >= 0.6 is 11.6 Å². The van der Waals surface area contributed by atoms with E-state index in [-0.39, 0.29) is 18.1 Å². The number of halogens is 1. The minimum Gasteiger partial charge on any atom is -0.478 e. The Morgan fingerprint density at radius 3 is 2.55 bits per heavy atom. The molecule has 2 unspecified atom stereocenters. The number of carboxylic acids is 2. The Labute approximate surface area is 263 Å². The number of nitrogens with one attached hydrogen (secondary N) is 2. The highest BCUT2D eigenvalue weighted by atomic mass is 35.5. The van der Waals surface area contributed by atoms with E-state index in [0.717, 1.165) is 57.4 Å². The van der Waals surface area contributed by atoms with Crippen molar-refractivity contribution in [1.82, 2.24) is 20.7 Å². The Hall–Kier alpha value is -3.39. The first kappa shape index (κ1) is 36.8. The van der Waals surface area contributed by atoms with E-state index in [1.54, 1.807) is 12.1 Å². The van der Waals surface area contributed by atoms with Crippen molar-refractivity contribution < 1.29 is 43.6 Å². The molecular formula is C30H45ClN4O9. The van der Waals surface area contributed by atoms with Gasteiger partial charge in [0.1, 0.15) is 0 Å². The van der Waals surface area contributed by atoms with Crippen LogP contribution in [0.15, 0.2) is 36.4 Å². The summed E-state index contributed by atoms with van der Waals surface area (Å²) in [5.41, 5.74) is 4.06. The average molecular weight is 641 g/mol. The normalized spacial score (nSPS) is 18.9. The van der Waals surface area contributed by atoms with Crippen molar-refractivity contribution >= 4 is 35.7 Å². The largest absolute Gasteiger partial charge is 0.478 e. The molecule has 2 fully saturated rings. The Bertz CT molecular complexity index is 1070. The van der Waals surface area contributed by atoms with Crippen LogP contribution in [-0.2, 0) is 23.8 Å². The number of hydrogen-bond acceptors (Lipinski definition) is 8. The second-order valence-corrected chi connectivity index (χ2v) is 10.9. The summed E-state index contributed by atoms with van der Waals surface area (Å²) in [7, 11) is 3.13. The predicted octanol–water partition coefficient (Wildman–Crippen LogP) is 3.94. The summed E-state index contributed by atoms with van der Waals surface area (Å²) < 4.78 is 16.5. The first-order valence-electron chi connectivity index (χ1n) is 14.8. The van der Waals surface area contributed by atoms with Crippen LogP contribution in [0.2, 0.25) is 5.02 Å². The molecule has 13 nitrogen and oxygen atoms in total. The molecule has 0 bridgehead atoms. The fourth-order valence-corrected chi connectivity index (χ4v) is 5.42. The topological polar surface area (TPSA) is 167 Å². The monoisotopic (exact) mass is 640 g/mol. The van der Waals surface area contributed by atoms with Gasteiger partial charge in [0.25, 0.3) is 0 Å². The number of hydrazine groups is 1. The van der Waals surface area contributed by atoms with Gasteiger partial charge in [-0.05, 0) is 62.1 Å². The molecule has 44 heavy (non-hydrogen) atoms. The summed E-state index contributed by atoms with van der Waals surface area (Å²) in [5.74, 6) is -1.81. The van der Waals surface area contributed by atoms with Gasteiger partial charge in [-0.3, -0.25) is 5.01 Å². The molecule has 2 aliphatic heterocycles. The molecule has 246 valence electrons. The van der Waals surface area contributed by atoms with E-state index in [4.69, 9.17) is 31.3 Å². The molecule has 0 aliphatic carbocycles. The molecule has 1 aromatic rings. The lowest BCUT2D eigenvalue weighted by molar-refractivity contribution is -0.134. The standard InChI is InChI=1S/C26H41ClN4O5.C4H4O4/c1-28-31(14-4-7-20-8-6-15-35-19-20)26(33)30-13-5-10-22(18-30)24(21-9-3-11-23(27)17-21)36-16-12-29-25(32)34-2;5-3(6)1-2-4(7)8/h3,9,11,17,20,22,24,28H,4-8,10,12-16,18-19H2,1-2H3,(H,29,32);1-2H,(H,5,6)(H,7,8)/t20?,22?,24-;/m0./s1. The van der Waals surface area contributed by atoms with Gasteiger partial charge in [-0.25, -0.2) is 24.6 Å². The molecule has 0 aromatic heterocycles. The number of carboxylic acid groups (broad SMARTS) is 2. The lowest BCUT2D eigenvalue weighted by Crippen LogP contribution is -2.52. The minimum atomic E-state index is -1.26. The lowest BCUT2D eigenvalue weighted by Gasteiger charge is -2.39. The van der Waals surface area contributed by atoms with Crippen LogP contribution in [0.5, 0.6) is 0 Å². The quantitative estimate of drug-likeness (QED) is 0.141. The van der Waals surface area contributed by atoms with E-state index >= 15 is 0 Å². The van der Waals surface area contributed by atoms with Crippen molar-refractivity contribution in [1.29, 1.82) is 0 Å². The number of carbonyl (C=O) groups excluding carboxylic acids is 2. The van der Waals surface area contributed by atoms with Gasteiger partial charge in [-0.1, -0.05) is 23.7 Å². The fourth-order valence-electron chi connectivity index (χ4n) is 5.22. The summed E-state index contributed by atoms with van der Waals surface area (Å²) >= 11 is 6.28. The van der Waals surface area contributed by atoms with Gasteiger partial charge < -0.3 is 34.6 Å². The number of methoxy groups -OCH3 is 1. The van der Waals surface area contributed by atoms with Crippen LogP contribution in [0.25, 0.3) is 0 Å². The van der Waals surface area contributed by atoms with Crippen LogP contribution in [-0.4, -0.2) is 104 Å². The summed E-state index contributed by atoms with van der Waals surface area (Å²) in [6.07, 6.45) is 6.57. The minimum absolute atomic E-state index is 0.000652. The molecule has 14 heteroatoms. The summed E-state index contributed by atoms with van der Waals surface area (Å²) in [5, 5.41) is 20.6. The number of carbonyl (C=O) groups is 4. The van der Waals surface area contributed by atoms with Crippen molar-refractivity contribution in [3.63, 3.8) is 0 Å². The first-order valence-corrected chi connectivity index (χ1v) is 15.2. The molecular weight excluding hydrogens is 596 g/mol. The van der Waals surface area contributed by atoms with E-state index in [2.05, 4.69) is 15.5 Å². The number of piperidine rings is 1. The van der Waals surface area contributed by atoms with Crippen molar-refractivity contribution in [3.8, 4) is 0 Å². The molecule has 0 saturated carbocycles. The maximum atomic E-state index is 13.4. The zero-order valence-electron chi connectivity index (χ0n) is 25.4. The molecule has 2 saturated heterocycles. The highest BCUT2D eigenvalue weighted by Crippen LogP contribution is 2.34. The van der Waals surface area contributed by atoms with E-state index in [1.165, 1.54) is 13.5 Å². The van der Waals surface area contributed by atoms with Crippen LogP contribution in [0.4, 0.5) is 9.59 Å². The number of nitrogens with zero attached hydrogens (tertiary/aromatic N) is 2. The Kier molecular flexibility index (Phi) is 17.2. The van der Waals surface area contributed by atoms with Gasteiger partial charge >= 0.3 is 24.1 Å². The Balaban J connectivity index is 0.000000742. The maximum Gasteiger partial charge on any atom is 0.406 e. The molecule has 3 atom stereocenters. The molecule has 2 aliphatic rings. The summed E-state index contributed by atoms with van der Waals surface area (Å²) in [4.78, 5) is 45.8. The van der Waals surface area contributed by atoms with Crippen LogP contribution in [0.1, 0.15) is 50.2 Å². The van der Waals surface area contributed by atoms with Gasteiger partial charge in [0.05, 0.1) is 19.8 Å². The molecule has 3 rings (SSSR count). The molecule has 1 aromatic carbocycles. The van der Waals surface area contributed by atoms with Crippen molar-refractivity contribution in [2.24, 2.45) is 11.8 Å². The van der Waals surface area contributed by atoms with Crippen molar-refractivity contribution in [3.05, 3.63) is 47.0 Å². The molecule has 0 radical (unpaired) electrons. The second-order valence-electron chi connectivity index (χ2n) is 10.5. The molecule has 2 heterocycles. The number of amides is 3. The van der Waals surface area contributed by atoms with Gasteiger partial charge in [0, 0.05) is 69.5 Å². The van der Waals surface area contributed by atoms with Crippen LogP contribution in [0, 0.1) is 11.8 Å². The van der Waals surface area contributed by atoms with Gasteiger partial charge in [-0.15, -0.1) is 0 Å². The molecule has 3 amide bonds. The van der Waals surface area contributed by atoms with Gasteiger partial charge in [-0.2, -0.15) is 0 Å². The van der Waals surface area contributed by atoms with Crippen molar-refractivity contribution in [2.45, 2.75) is 44.6 Å². The maximum absolute atomic E-state index is 13.4. The first-order chi connectivity index (χ1) is 21.1. The SMILES string of the molecule is CNN(CCCC1CCCOC1)C(=O)N1CCCC([C@@H](OCCNC(=O)OC)c2cccc(Cl)c2)C1.O=C(O)C=CC(=O)O. The summed E-state index contributed by atoms with van der Waals surface area (Å²) in [6.45, 7) is 4.34. The number of aliphatic carboxylic acids is 2. The van der Waals surface area contributed by atoms with E-state index < -0.39 is 18.0 Å². The average Bonchev–Trinajstić information content (AvgIpc) is 3.02. The number of alkyl carbamates (subject to hydrolysis) is 1. The Morgan fingerprint density at radius 2 is 1.93 bits per heavy atom. The van der Waals surface area contributed by atoms with Crippen molar-refractivity contribution in [2.75, 3.05) is 60.2 Å². The number of likely N-dealkylation sites (tertiary alicyclic amines) is 1. The number of urea groups is 1. The smallest absolute Gasteiger partial charge is 0.406 e. The third kappa shape index (κ3) is 13.9. The Morgan fingerprint density at radius 1 is 1.18 bits per heavy atom. The third-order valence-corrected chi connectivity index (χ3v) is 7.54. The zero-order valence-corrected chi connectivity index (χ0v) is 26.2. The van der Waals surface area contributed by atoms with E-state index in [0.29, 0.717) is 49.3 Å². The lowest BCUT2D eigenvalue weighted by atomic mass is 9.88. The molecule has 0 spiro atoms. The van der Waals surface area contributed by atoms with Gasteiger partial charge in [0.2, 0.25) is 0 Å².